The zero-order valence-electron chi connectivity index (χ0n) is 32.7. The third-order valence-electron chi connectivity index (χ3n) is 6.69. The molecule has 0 radical (unpaired) electrons. The molecule has 0 aromatic heterocycles. The number of benzene rings is 2. The van der Waals surface area contributed by atoms with Crippen LogP contribution in [0.1, 0.15) is 51.7 Å². The Morgan fingerprint density at radius 2 is 0.690 bits per heavy atom. The number of hydrogen-bond acceptors (Lipinski definition) is 14. The number of carboxylic acid groups (broad SMARTS) is 7. The lowest BCUT2D eigenvalue weighted by atomic mass is 10.1. The van der Waals surface area contributed by atoms with Crippen LogP contribution < -0.4 is 40.1 Å². The maximum Gasteiger partial charge on any atom is 0.321 e. The van der Waals surface area contributed by atoms with Crippen molar-refractivity contribution in [2.45, 2.75) is 89.6 Å². The fourth-order valence-corrected chi connectivity index (χ4v) is 3.06. The van der Waals surface area contributed by atoms with Crippen molar-refractivity contribution in [2.75, 3.05) is 0 Å². The Hall–Kier alpha value is -6.04. The van der Waals surface area contributed by atoms with Crippen molar-refractivity contribution in [3.63, 3.8) is 0 Å². The molecule has 2 aromatic carbocycles. The topological polar surface area (TPSA) is 460 Å². The molecule has 22 nitrogen and oxygen atoms in total. The normalized spacial score (nSPS) is 12.9. The highest BCUT2D eigenvalue weighted by molar-refractivity contribution is 5.83. The molecule has 0 aliphatic heterocycles. The first-order valence-corrected chi connectivity index (χ1v) is 17.1. The van der Waals surface area contributed by atoms with Gasteiger partial charge >= 0.3 is 41.8 Å². The fourth-order valence-electron chi connectivity index (χ4n) is 3.06. The Labute approximate surface area is 335 Å². The predicted octanol–water partition coefficient (Wildman–Crippen LogP) is -1.46. The van der Waals surface area contributed by atoms with E-state index in [4.69, 9.17) is 70.1 Å². The van der Waals surface area contributed by atoms with E-state index in [0.29, 0.717) is 12.8 Å². The first-order chi connectivity index (χ1) is 26.6. The van der Waals surface area contributed by atoms with E-state index < -0.39 is 90.4 Å². The van der Waals surface area contributed by atoms with Gasteiger partial charge in [0.2, 0.25) is 5.91 Å². The molecule has 0 saturated carbocycles. The second-order valence-electron chi connectivity index (χ2n) is 12.6. The first-order valence-electron chi connectivity index (χ1n) is 17.1. The average Bonchev–Trinajstić information content (AvgIpc) is 3.12. The molecule has 0 saturated heterocycles. The van der Waals surface area contributed by atoms with Crippen LogP contribution in [-0.4, -0.2) is 120 Å². The molecule has 0 heterocycles. The van der Waals surface area contributed by atoms with Crippen LogP contribution in [0.15, 0.2) is 60.7 Å². The molecule has 0 bridgehead atoms. The molecule has 328 valence electrons. The van der Waals surface area contributed by atoms with E-state index in [1.165, 1.54) is 0 Å². The summed E-state index contributed by atoms with van der Waals surface area (Å²) in [5.41, 5.74) is 37.3. The fraction of sp³-hybridized carbons (Fsp3) is 0.444. The van der Waals surface area contributed by atoms with Gasteiger partial charge < -0.3 is 75.9 Å². The summed E-state index contributed by atoms with van der Waals surface area (Å²) in [6.45, 7) is 7.11. The van der Waals surface area contributed by atoms with E-state index in [9.17, 15) is 38.4 Å². The highest BCUT2D eigenvalue weighted by Gasteiger charge is 2.16. The summed E-state index contributed by atoms with van der Waals surface area (Å²) in [5.74, 6) is -8.15. The summed E-state index contributed by atoms with van der Waals surface area (Å²) < 4.78 is 0. The third kappa shape index (κ3) is 35.6. The Morgan fingerprint density at radius 3 is 0.828 bits per heavy atom. The summed E-state index contributed by atoms with van der Waals surface area (Å²) >= 11 is 0. The molecule has 21 N–H and O–H groups in total. The van der Waals surface area contributed by atoms with Gasteiger partial charge in [0.05, 0.1) is 12.8 Å². The van der Waals surface area contributed by atoms with Gasteiger partial charge in [0.25, 0.3) is 0 Å². The summed E-state index contributed by atoms with van der Waals surface area (Å²) in [7, 11) is 0. The standard InChI is InChI=1S/2C9H11NO2.2C5H11NO2.C4H8N2O3.C4H7NO4/c2*10-8(9(11)12)6-7-4-2-1-3-5-7;2*1-3(2)4(6)5(7)8;2*5-2(4(8)9)1-3(6)7/h2*1-5,8H,6,10H2,(H,11,12);2*3-4H,6H2,1-2H3,(H,7,8);2H,1,5H2,(H2,6,7)(H,8,9);2H,1,5H2,(H,6,7)(H,8,9). The van der Waals surface area contributed by atoms with E-state index in [-0.39, 0.29) is 18.3 Å². The molecule has 2 rings (SSSR count). The van der Waals surface area contributed by atoms with Crippen molar-refractivity contribution in [1.82, 2.24) is 0 Å². The van der Waals surface area contributed by atoms with Gasteiger partial charge in [0.1, 0.15) is 36.3 Å². The zero-order chi connectivity index (χ0) is 46.3. The summed E-state index contributed by atoms with van der Waals surface area (Å²) in [5, 5.41) is 57.6. The van der Waals surface area contributed by atoms with Gasteiger partial charge in [-0.05, 0) is 35.8 Å². The quantitative estimate of drug-likeness (QED) is 0.0919. The Morgan fingerprint density at radius 1 is 0.431 bits per heavy atom. The van der Waals surface area contributed by atoms with Gasteiger partial charge in [-0.2, -0.15) is 0 Å². The number of aliphatic carboxylic acids is 7. The SMILES string of the molecule is CC(C)C(N)C(=O)O.CC(C)C(N)C(=O)O.NC(=O)CC(N)C(=O)O.NC(CC(=O)O)C(=O)O.NC(Cc1ccccc1)C(=O)O.NC(Cc1ccccc1)C(=O)O. The largest absolute Gasteiger partial charge is 0.481 e. The van der Waals surface area contributed by atoms with E-state index in [0.717, 1.165) is 11.1 Å². The number of amides is 1. The molecule has 6 unspecified atom stereocenters. The van der Waals surface area contributed by atoms with Crippen molar-refractivity contribution in [3.05, 3.63) is 71.8 Å². The number of hydrogen-bond donors (Lipinski definition) is 14. The molecule has 0 fully saturated rings. The number of carboxylic acids is 7. The van der Waals surface area contributed by atoms with Crippen molar-refractivity contribution >= 4 is 47.7 Å². The van der Waals surface area contributed by atoms with Crippen molar-refractivity contribution < 1.29 is 74.1 Å². The van der Waals surface area contributed by atoms with Gasteiger partial charge in [-0.15, -0.1) is 0 Å². The van der Waals surface area contributed by atoms with Crippen LogP contribution in [0.25, 0.3) is 0 Å². The molecule has 0 aliphatic rings. The Kier molecular flexibility index (Phi) is 33.5. The summed E-state index contributed by atoms with van der Waals surface area (Å²) in [4.78, 5) is 80.3. The molecular weight excluding hydrogens is 770 g/mol. The number of primary amides is 1. The molecule has 0 aliphatic carbocycles. The van der Waals surface area contributed by atoms with Gasteiger partial charge in [0.15, 0.2) is 0 Å². The maximum atomic E-state index is 10.4. The van der Waals surface area contributed by atoms with Crippen LogP contribution in [0.3, 0.4) is 0 Å². The van der Waals surface area contributed by atoms with Gasteiger partial charge in [-0.1, -0.05) is 88.4 Å². The van der Waals surface area contributed by atoms with Crippen LogP contribution in [0.4, 0.5) is 0 Å². The lowest BCUT2D eigenvalue weighted by molar-refractivity contribution is -0.144. The smallest absolute Gasteiger partial charge is 0.321 e. The maximum absolute atomic E-state index is 10.4. The summed E-state index contributed by atoms with van der Waals surface area (Å²) in [6.07, 6.45) is -0.0724. The van der Waals surface area contributed by atoms with E-state index >= 15 is 0 Å². The number of rotatable bonds is 16. The minimum atomic E-state index is -1.29. The van der Waals surface area contributed by atoms with Crippen LogP contribution >= 0.6 is 0 Å². The van der Waals surface area contributed by atoms with Crippen molar-refractivity contribution in [2.24, 2.45) is 52.0 Å². The molecule has 58 heavy (non-hydrogen) atoms. The minimum Gasteiger partial charge on any atom is -0.481 e. The average molecular weight is 830 g/mol. The second-order valence-corrected chi connectivity index (χ2v) is 12.6. The lowest BCUT2D eigenvalue weighted by Gasteiger charge is -2.07. The first kappa shape index (κ1) is 58.7. The lowest BCUT2D eigenvalue weighted by Crippen LogP contribution is -2.34. The number of carbonyl (C=O) groups is 8. The predicted molar refractivity (Wildman–Crippen MR) is 210 cm³/mol. The molecule has 6 atom stereocenters. The van der Waals surface area contributed by atoms with Crippen LogP contribution in [0, 0.1) is 11.8 Å². The third-order valence-corrected chi connectivity index (χ3v) is 6.69. The highest BCUT2D eigenvalue weighted by Crippen LogP contribution is 2.02. The van der Waals surface area contributed by atoms with E-state index in [1.807, 2.05) is 60.7 Å². The minimum absolute atomic E-state index is 0.0208. The van der Waals surface area contributed by atoms with E-state index in [2.05, 4.69) is 5.73 Å². The molecular formula is C36H59N7O15. The highest BCUT2D eigenvalue weighted by atomic mass is 16.4. The van der Waals surface area contributed by atoms with Crippen LogP contribution in [0.2, 0.25) is 0 Å². The Balaban J connectivity index is -0.000000305. The molecule has 1 amide bonds. The van der Waals surface area contributed by atoms with Gasteiger partial charge in [-0.25, -0.2) is 0 Å². The number of carbonyl (C=O) groups excluding carboxylic acids is 1. The molecule has 2 aromatic rings. The molecule has 0 spiro atoms. The van der Waals surface area contributed by atoms with Gasteiger partial charge in [-0.3, -0.25) is 38.4 Å². The molecule has 22 heteroatoms. The Bertz CT molecular complexity index is 1420. The van der Waals surface area contributed by atoms with Crippen LogP contribution in [0.5, 0.6) is 0 Å². The summed E-state index contributed by atoms with van der Waals surface area (Å²) in [6, 6.07) is 13.2. The zero-order valence-corrected chi connectivity index (χ0v) is 32.7. The van der Waals surface area contributed by atoms with Crippen LogP contribution in [-0.2, 0) is 51.2 Å². The number of nitrogens with two attached hydrogens (primary N) is 7. The monoisotopic (exact) mass is 829 g/mol. The van der Waals surface area contributed by atoms with E-state index in [1.54, 1.807) is 27.7 Å². The van der Waals surface area contributed by atoms with Gasteiger partial charge in [0, 0.05) is 0 Å². The van der Waals surface area contributed by atoms with Crippen molar-refractivity contribution in [3.8, 4) is 0 Å². The second kappa shape index (κ2) is 33.1. The van der Waals surface area contributed by atoms with Crippen molar-refractivity contribution in [1.29, 1.82) is 0 Å².